The smallest absolute Gasteiger partial charge is 0.405 e. The number of carbonyl (C=O) groups excluding carboxylic acids is 1. The first kappa shape index (κ1) is 21.3. The lowest BCUT2D eigenvalue weighted by molar-refractivity contribution is -0.117. The Bertz CT molecular complexity index is 954. The molecule has 0 spiro atoms. The quantitative estimate of drug-likeness (QED) is 0.785. The fourth-order valence-corrected chi connectivity index (χ4v) is 4.63. The van der Waals surface area contributed by atoms with Gasteiger partial charge in [-0.15, -0.1) is 0 Å². The molecule has 31 heavy (non-hydrogen) atoms. The topological polar surface area (TPSA) is 82.1 Å². The Morgan fingerprint density at radius 2 is 1.77 bits per heavy atom. The van der Waals surface area contributed by atoms with E-state index in [-0.39, 0.29) is 18.0 Å². The standard InChI is InChI=1S/C24H29N3O4/c1-16-13-22(25-24(29)30)21-14-20(7-8-23(21)27(16)17(2)28)19-5-3-18(4-6-19)15-26-9-11-31-12-10-26/h3-8,14,16,22,25H,9-13,15H2,1-2H3,(H,29,30)/t16-,22+/m1/s1. The van der Waals surface area contributed by atoms with Gasteiger partial charge in [0.25, 0.3) is 0 Å². The molecule has 2 aromatic carbocycles. The fraction of sp³-hybridized carbons (Fsp3) is 0.417. The summed E-state index contributed by atoms with van der Waals surface area (Å²) >= 11 is 0. The first-order valence-corrected chi connectivity index (χ1v) is 10.7. The summed E-state index contributed by atoms with van der Waals surface area (Å²) in [6, 6.07) is 14.0. The van der Waals surface area contributed by atoms with Gasteiger partial charge in [-0.2, -0.15) is 0 Å². The second kappa shape index (κ2) is 9.08. The molecule has 2 aliphatic rings. The molecule has 7 nitrogen and oxygen atoms in total. The van der Waals surface area contributed by atoms with Crippen LogP contribution in [0.15, 0.2) is 42.5 Å². The normalized spacial score (nSPS) is 21.4. The maximum Gasteiger partial charge on any atom is 0.405 e. The molecule has 4 rings (SSSR count). The number of nitrogens with one attached hydrogen (secondary N) is 1. The summed E-state index contributed by atoms with van der Waals surface area (Å²) in [6.45, 7) is 7.88. The van der Waals surface area contributed by atoms with Crippen LogP contribution in [0.25, 0.3) is 11.1 Å². The van der Waals surface area contributed by atoms with Crippen molar-refractivity contribution in [1.29, 1.82) is 0 Å². The molecule has 2 heterocycles. The van der Waals surface area contributed by atoms with E-state index >= 15 is 0 Å². The van der Waals surface area contributed by atoms with E-state index in [9.17, 15) is 14.7 Å². The van der Waals surface area contributed by atoms with Gasteiger partial charge in [-0.3, -0.25) is 9.69 Å². The van der Waals surface area contributed by atoms with Gasteiger partial charge in [-0.05, 0) is 47.7 Å². The number of hydrogen-bond donors (Lipinski definition) is 2. The molecule has 2 atom stereocenters. The van der Waals surface area contributed by atoms with Gasteiger partial charge >= 0.3 is 6.09 Å². The summed E-state index contributed by atoms with van der Waals surface area (Å²) in [4.78, 5) is 27.7. The molecule has 0 radical (unpaired) electrons. The highest BCUT2D eigenvalue weighted by atomic mass is 16.5. The van der Waals surface area contributed by atoms with Crippen molar-refractivity contribution in [3.63, 3.8) is 0 Å². The highest BCUT2D eigenvalue weighted by molar-refractivity contribution is 5.94. The first-order chi connectivity index (χ1) is 14.9. The van der Waals surface area contributed by atoms with E-state index in [1.807, 2.05) is 25.1 Å². The van der Waals surface area contributed by atoms with Crippen molar-refractivity contribution < 1.29 is 19.4 Å². The number of carboxylic acid groups (broad SMARTS) is 1. The minimum absolute atomic E-state index is 0.0391. The zero-order chi connectivity index (χ0) is 22.0. The lowest BCUT2D eigenvalue weighted by Crippen LogP contribution is -2.45. The average molecular weight is 424 g/mol. The van der Waals surface area contributed by atoms with Gasteiger partial charge in [0.15, 0.2) is 0 Å². The molecule has 0 bridgehead atoms. The summed E-state index contributed by atoms with van der Waals surface area (Å²) < 4.78 is 5.41. The number of hydrogen-bond acceptors (Lipinski definition) is 4. The minimum Gasteiger partial charge on any atom is -0.465 e. The molecule has 164 valence electrons. The van der Waals surface area contributed by atoms with Gasteiger partial charge in [-0.25, -0.2) is 4.79 Å². The number of carbonyl (C=O) groups is 2. The predicted octanol–water partition coefficient (Wildman–Crippen LogP) is 3.64. The van der Waals surface area contributed by atoms with Crippen LogP contribution >= 0.6 is 0 Å². The molecular formula is C24H29N3O4. The van der Waals surface area contributed by atoms with Crippen molar-refractivity contribution in [3.05, 3.63) is 53.6 Å². The van der Waals surface area contributed by atoms with Crippen molar-refractivity contribution in [2.45, 2.75) is 38.9 Å². The molecule has 1 saturated heterocycles. The van der Waals surface area contributed by atoms with Crippen LogP contribution in [0.4, 0.5) is 10.5 Å². The van der Waals surface area contributed by atoms with E-state index in [4.69, 9.17) is 4.74 Å². The van der Waals surface area contributed by atoms with Crippen molar-refractivity contribution in [1.82, 2.24) is 10.2 Å². The zero-order valence-electron chi connectivity index (χ0n) is 18.0. The molecular weight excluding hydrogens is 394 g/mol. The number of amides is 2. The van der Waals surface area contributed by atoms with E-state index in [1.165, 1.54) is 5.56 Å². The van der Waals surface area contributed by atoms with Crippen LogP contribution in [0.5, 0.6) is 0 Å². The lowest BCUT2D eigenvalue weighted by atomic mass is 9.89. The van der Waals surface area contributed by atoms with Crippen molar-refractivity contribution in [2.75, 3.05) is 31.2 Å². The molecule has 1 fully saturated rings. The van der Waals surface area contributed by atoms with Gasteiger partial charge in [0, 0.05) is 38.3 Å². The summed E-state index contributed by atoms with van der Waals surface area (Å²) in [7, 11) is 0. The Kier molecular flexibility index (Phi) is 6.25. The molecule has 2 aliphatic heterocycles. The summed E-state index contributed by atoms with van der Waals surface area (Å²) in [5.41, 5.74) is 4.94. The average Bonchev–Trinajstić information content (AvgIpc) is 2.74. The van der Waals surface area contributed by atoms with E-state index in [0.717, 1.165) is 55.2 Å². The number of anilines is 1. The van der Waals surface area contributed by atoms with Gasteiger partial charge in [-0.1, -0.05) is 30.3 Å². The number of ether oxygens (including phenoxy) is 1. The van der Waals surface area contributed by atoms with E-state index < -0.39 is 6.09 Å². The third-order valence-corrected chi connectivity index (χ3v) is 6.11. The number of nitrogens with zero attached hydrogens (tertiary/aromatic N) is 2. The maximum absolute atomic E-state index is 12.2. The number of rotatable bonds is 4. The van der Waals surface area contributed by atoms with Crippen LogP contribution < -0.4 is 10.2 Å². The second-order valence-electron chi connectivity index (χ2n) is 8.33. The molecule has 0 aliphatic carbocycles. The van der Waals surface area contributed by atoms with Crippen LogP contribution in [-0.4, -0.2) is 54.4 Å². The third-order valence-electron chi connectivity index (χ3n) is 6.11. The van der Waals surface area contributed by atoms with Crippen LogP contribution in [0, 0.1) is 0 Å². The van der Waals surface area contributed by atoms with E-state index in [0.29, 0.717) is 6.42 Å². The molecule has 2 N–H and O–H groups in total. The summed E-state index contributed by atoms with van der Waals surface area (Å²) in [6.07, 6.45) is -0.516. The summed E-state index contributed by atoms with van der Waals surface area (Å²) in [5.74, 6) is -0.0391. The molecule has 2 amide bonds. The van der Waals surface area contributed by atoms with E-state index in [2.05, 4.69) is 34.5 Å². The number of morpholine rings is 1. The maximum atomic E-state index is 12.2. The molecule has 0 aromatic heterocycles. The SMILES string of the molecule is CC(=O)N1c2ccc(-c3ccc(CN4CCOCC4)cc3)cc2[C@@H](NC(=O)O)C[C@H]1C. The van der Waals surface area contributed by atoms with Crippen LogP contribution in [0.1, 0.15) is 37.4 Å². The van der Waals surface area contributed by atoms with Crippen LogP contribution in [-0.2, 0) is 16.1 Å². The highest BCUT2D eigenvalue weighted by Gasteiger charge is 2.33. The molecule has 2 aromatic rings. The van der Waals surface area contributed by atoms with Crippen LogP contribution in [0.3, 0.4) is 0 Å². The van der Waals surface area contributed by atoms with Crippen LogP contribution in [0.2, 0.25) is 0 Å². The third kappa shape index (κ3) is 4.73. The fourth-order valence-electron chi connectivity index (χ4n) is 4.63. The Morgan fingerprint density at radius 3 is 2.42 bits per heavy atom. The second-order valence-corrected chi connectivity index (χ2v) is 8.33. The molecule has 0 unspecified atom stereocenters. The van der Waals surface area contributed by atoms with Crippen molar-refractivity contribution in [3.8, 4) is 11.1 Å². The number of benzene rings is 2. The van der Waals surface area contributed by atoms with Crippen molar-refractivity contribution in [2.24, 2.45) is 0 Å². The van der Waals surface area contributed by atoms with Gasteiger partial charge < -0.3 is 20.1 Å². The van der Waals surface area contributed by atoms with Gasteiger partial charge in [0.1, 0.15) is 0 Å². The highest BCUT2D eigenvalue weighted by Crippen LogP contribution is 2.39. The monoisotopic (exact) mass is 423 g/mol. The first-order valence-electron chi connectivity index (χ1n) is 10.7. The van der Waals surface area contributed by atoms with Gasteiger partial charge in [0.2, 0.25) is 5.91 Å². The minimum atomic E-state index is -1.06. The lowest BCUT2D eigenvalue weighted by Gasteiger charge is -2.39. The Hall–Kier alpha value is -2.90. The summed E-state index contributed by atoms with van der Waals surface area (Å²) in [5, 5.41) is 11.9. The number of fused-ring (bicyclic) bond motifs is 1. The largest absolute Gasteiger partial charge is 0.465 e. The Balaban J connectivity index is 1.61. The van der Waals surface area contributed by atoms with Crippen molar-refractivity contribution >= 4 is 17.7 Å². The Morgan fingerprint density at radius 1 is 1.10 bits per heavy atom. The molecule has 7 heteroatoms. The predicted molar refractivity (Wildman–Crippen MR) is 119 cm³/mol. The van der Waals surface area contributed by atoms with E-state index in [1.54, 1.807) is 11.8 Å². The molecule has 0 saturated carbocycles. The van der Waals surface area contributed by atoms with Gasteiger partial charge in [0.05, 0.1) is 19.3 Å². The Labute approximate surface area is 182 Å². The zero-order valence-corrected chi connectivity index (χ0v) is 18.0.